The van der Waals surface area contributed by atoms with E-state index in [0.717, 1.165) is 113 Å². The predicted molar refractivity (Wildman–Crippen MR) is 237 cm³/mol. The molecule has 4 aromatic heterocycles. The van der Waals surface area contributed by atoms with Gasteiger partial charge in [-0.15, -0.1) is 0 Å². The Morgan fingerprint density at radius 2 is 1.56 bits per heavy atom. The molecule has 15 nitrogen and oxygen atoms in total. The Labute approximate surface area is 362 Å². The van der Waals surface area contributed by atoms with Gasteiger partial charge in [-0.1, -0.05) is 36.2 Å². The Morgan fingerprint density at radius 3 is 2.27 bits per heavy atom. The van der Waals surface area contributed by atoms with Crippen molar-refractivity contribution < 1.29 is 18.9 Å². The molecule has 5 aromatic rings. The van der Waals surface area contributed by atoms with Crippen LogP contribution in [-0.2, 0) is 14.4 Å². The highest BCUT2D eigenvalue weighted by Crippen LogP contribution is 2.48. The highest BCUT2D eigenvalue weighted by Gasteiger charge is 2.36. The molecule has 1 saturated carbocycles. The van der Waals surface area contributed by atoms with Gasteiger partial charge in [-0.25, -0.2) is 14.6 Å². The summed E-state index contributed by atoms with van der Waals surface area (Å²) < 4.78 is 7.86. The Bertz CT molecular complexity index is 2370. The van der Waals surface area contributed by atoms with E-state index in [1.54, 1.807) is 0 Å². The lowest BCUT2D eigenvalue weighted by Gasteiger charge is -2.32. The Hall–Kier alpha value is -5.70. The summed E-state index contributed by atoms with van der Waals surface area (Å²) in [6.45, 7) is 9.00. The van der Waals surface area contributed by atoms with Gasteiger partial charge in [0.2, 0.25) is 17.7 Å². The van der Waals surface area contributed by atoms with Crippen LogP contribution in [0.4, 0.5) is 11.5 Å². The number of likely N-dealkylation sites (tertiary alicyclic amines) is 2. The molecule has 1 aromatic carbocycles. The Kier molecular flexibility index (Phi) is 12.3. The van der Waals surface area contributed by atoms with Gasteiger partial charge < -0.3 is 25.4 Å². The normalized spacial score (nSPS) is 19.4. The van der Waals surface area contributed by atoms with Crippen LogP contribution in [0.2, 0.25) is 0 Å². The number of hydrogen-bond acceptors (Lipinski definition) is 12. The number of nitrogen functional groups attached to an aromatic ring is 1. The van der Waals surface area contributed by atoms with Crippen LogP contribution in [0.25, 0.3) is 33.7 Å². The summed E-state index contributed by atoms with van der Waals surface area (Å²) in [7, 11) is 0. The van der Waals surface area contributed by atoms with Gasteiger partial charge in [-0.2, -0.15) is 5.10 Å². The van der Waals surface area contributed by atoms with E-state index >= 15 is 0 Å². The van der Waals surface area contributed by atoms with Crippen LogP contribution >= 0.6 is 0 Å². The number of piperidine rings is 3. The first-order valence-corrected chi connectivity index (χ1v) is 22.9. The summed E-state index contributed by atoms with van der Waals surface area (Å²) in [5, 5.41) is 15.8. The zero-order valence-corrected chi connectivity index (χ0v) is 36.0. The van der Waals surface area contributed by atoms with E-state index in [1.807, 2.05) is 10.9 Å². The number of pyridine rings is 1. The summed E-state index contributed by atoms with van der Waals surface area (Å²) in [5.41, 5.74) is 13.4. The lowest BCUT2D eigenvalue weighted by atomic mass is 9.89. The second kappa shape index (κ2) is 18.3. The fourth-order valence-corrected chi connectivity index (χ4v) is 9.61. The van der Waals surface area contributed by atoms with Crippen LogP contribution in [0.3, 0.4) is 0 Å². The van der Waals surface area contributed by atoms with Crippen molar-refractivity contribution in [3.63, 3.8) is 0 Å². The number of nitrogens with zero attached hydrogens (tertiary/aromatic N) is 8. The van der Waals surface area contributed by atoms with Crippen LogP contribution in [0.15, 0.2) is 53.4 Å². The number of fused-ring (bicyclic) bond motifs is 1. The molecule has 326 valence electrons. The summed E-state index contributed by atoms with van der Waals surface area (Å²) in [6.07, 6.45) is 15.6. The molecule has 1 aliphatic carbocycles. The van der Waals surface area contributed by atoms with Crippen molar-refractivity contribution in [1.82, 2.24) is 45.0 Å². The van der Waals surface area contributed by atoms with Crippen LogP contribution in [0.5, 0.6) is 0 Å². The minimum Gasteiger partial charge on any atom is -0.383 e. The molecule has 4 aliphatic rings. The molecular formula is C47H59N11O4. The van der Waals surface area contributed by atoms with E-state index < -0.39 is 0 Å². The summed E-state index contributed by atoms with van der Waals surface area (Å²) in [4.78, 5) is 55.1. The van der Waals surface area contributed by atoms with Crippen molar-refractivity contribution in [3.8, 4) is 22.6 Å². The Balaban J connectivity index is 0.695. The first-order chi connectivity index (χ1) is 30.2. The number of imide groups is 1. The van der Waals surface area contributed by atoms with Crippen molar-refractivity contribution in [2.45, 2.75) is 127 Å². The molecule has 4 N–H and O–H groups in total. The van der Waals surface area contributed by atoms with Gasteiger partial charge in [0.05, 0.1) is 16.6 Å². The number of hydrogen-bond donors (Lipinski definition) is 3. The minimum atomic E-state index is -0.363. The first-order valence-electron chi connectivity index (χ1n) is 22.9. The fraction of sp³-hybridized carbons (Fsp3) is 0.532. The molecule has 1 atom stereocenters. The minimum absolute atomic E-state index is 0.0634. The molecule has 3 saturated heterocycles. The van der Waals surface area contributed by atoms with Crippen LogP contribution in [0.1, 0.15) is 138 Å². The maximum absolute atomic E-state index is 13.2. The monoisotopic (exact) mass is 841 g/mol. The smallest absolute Gasteiger partial charge is 0.249 e. The number of amides is 3. The highest BCUT2D eigenvalue weighted by atomic mass is 16.5. The van der Waals surface area contributed by atoms with E-state index in [2.05, 4.69) is 85.8 Å². The average molecular weight is 842 g/mol. The van der Waals surface area contributed by atoms with Crippen LogP contribution in [0, 0.1) is 0 Å². The van der Waals surface area contributed by atoms with E-state index in [-0.39, 0.29) is 29.8 Å². The van der Waals surface area contributed by atoms with Gasteiger partial charge in [0.15, 0.2) is 5.65 Å². The third-order valence-corrected chi connectivity index (χ3v) is 13.4. The molecule has 62 heavy (non-hydrogen) atoms. The van der Waals surface area contributed by atoms with Gasteiger partial charge in [-0.05, 0) is 132 Å². The average Bonchev–Trinajstić information content (AvgIpc) is 3.91. The summed E-state index contributed by atoms with van der Waals surface area (Å²) in [5.74, 6) is 2.26. The van der Waals surface area contributed by atoms with Crippen molar-refractivity contribution in [2.75, 3.05) is 43.8 Å². The number of nitrogens with two attached hydrogens (primary N) is 1. The standard InChI is InChI=1S/C47H59N11O4/c1-29(2)58-46-41(45(48)50-28-51-46)42(54-58)43-40(44(62-55-43)33-8-9-33)36-15-12-34(27-49-36)32-20-25-57(26-21-32)39(60)7-5-3-4-6-22-56-23-18-31(19-24-56)30-10-13-35(14-11-30)52-37-16-17-38(59)53-47(37)61/h10-15,27-29,31-33,37,52H,3-9,16-26H2,1-2H3,(H2,48,50,51)(H,53,59,61). The fourth-order valence-electron chi connectivity index (χ4n) is 9.61. The van der Waals surface area contributed by atoms with Gasteiger partial charge >= 0.3 is 0 Å². The lowest BCUT2D eigenvalue weighted by molar-refractivity contribution is -0.134. The largest absolute Gasteiger partial charge is 0.383 e. The van der Waals surface area contributed by atoms with Crippen molar-refractivity contribution in [1.29, 1.82) is 0 Å². The number of unbranched alkanes of at least 4 members (excludes halogenated alkanes) is 3. The number of nitrogens with one attached hydrogen (secondary N) is 2. The highest BCUT2D eigenvalue weighted by molar-refractivity contribution is 6.02. The SMILES string of the molecule is CC(C)n1nc(-c2noc(C3CC3)c2-c2ccc(C3CCN(C(=O)CCCCCCN4CCC(c5ccc(NC6CCC(=O)NC6=O)cc5)CC4)CC3)cn2)c2c(N)ncnc21. The van der Waals surface area contributed by atoms with Crippen LogP contribution < -0.4 is 16.4 Å². The quantitative estimate of drug-likeness (QED) is 0.0704. The molecule has 0 bridgehead atoms. The molecule has 15 heteroatoms. The van der Waals surface area contributed by atoms with Crippen LogP contribution in [-0.4, -0.2) is 96.2 Å². The molecule has 1 unspecified atom stereocenters. The van der Waals surface area contributed by atoms with E-state index in [1.165, 1.54) is 23.9 Å². The molecule has 4 fully saturated rings. The summed E-state index contributed by atoms with van der Waals surface area (Å²) >= 11 is 0. The summed E-state index contributed by atoms with van der Waals surface area (Å²) in [6, 6.07) is 12.4. The molecule has 0 spiro atoms. The number of benzene rings is 1. The zero-order valence-electron chi connectivity index (χ0n) is 36.0. The zero-order chi connectivity index (χ0) is 42.7. The second-order valence-electron chi connectivity index (χ2n) is 18.1. The van der Waals surface area contributed by atoms with E-state index in [4.69, 9.17) is 20.3 Å². The third kappa shape index (κ3) is 9.09. The van der Waals surface area contributed by atoms with E-state index in [0.29, 0.717) is 65.3 Å². The van der Waals surface area contributed by atoms with Gasteiger partial charge in [-0.3, -0.25) is 24.7 Å². The van der Waals surface area contributed by atoms with Gasteiger partial charge in [0.25, 0.3) is 0 Å². The molecule has 7 heterocycles. The number of carbonyl (C=O) groups excluding carboxylic acids is 3. The molecule has 0 radical (unpaired) electrons. The van der Waals surface area contributed by atoms with E-state index in [9.17, 15) is 14.4 Å². The predicted octanol–water partition coefficient (Wildman–Crippen LogP) is 7.34. The van der Waals surface area contributed by atoms with Crippen molar-refractivity contribution in [2.24, 2.45) is 0 Å². The van der Waals surface area contributed by atoms with Crippen molar-refractivity contribution in [3.05, 3.63) is 65.8 Å². The number of carbonyl (C=O) groups is 3. The lowest BCUT2D eigenvalue weighted by Crippen LogP contribution is -2.47. The van der Waals surface area contributed by atoms with Crippen molar-refractivity contribution >= 4 is 40.3 Å². The first kappa shape index (κ1) is 41.6. The topological polar surface area (TPSA) is 190 Å². The maximum atomic E-state index is 13.2. The maximum Gasteiger partial charge on any atom is 0.249 e. The number of aromatic nitrogens is 6. The molecule has 9 rings (SSSR count). The third-order valence-electron chi connectivity index (χ3n) is 13.4. The number of anilines is 2. The molecule has 3 aliphatic heterocycles. The molecular weight excluding hydrogens is 783 g/mol. The van der Waals surface area contributed by atoms with Gasteiger partial charge in [0.1, 0.15) is 35.3 Å². The molecule has 3 amide bonds. The number of rotatable bonds is 15. The Morgan fingerprint density at radius 1 is 0.839 bits per heavy atom. The second-order valence-corrected chi connectivity index (χ2v) is 18.1. The van der Waals surface area contributed by atoms with Gasteiger partial charge in [0, 0.05) is 49.8 Å².